The van der Waals surface area contributed by atoms with E-state index in [9.17, 15) is 10.1 Å². The van der Waals surface area contributed by atoms with Crippen molar-refractivity contribution in [1.82, 2.24) is 9.88 Å². The molecular weight excluding hydrogens is 282 g/mol. The van der Waals surface area contributed by atoms with Crippen LogP contribution in [0.15, 0.2) is 12.1 Å². The number of pyridine rings is 1. The minimum atomic E-state index is -0.359. The smallest absolute Gasteiger partial charge is 0.231 e. The molecule has 22 heavy (non-hydrogen) atoms. The number of nitrogens with zero attached hydrogens (tertiary/aromatic N) is 4. The molecule has 1 amide bonds. The number of carbonyl (C=O) groups excluding carboxylic acids is 1. The van der Waals surface area contributed by atoms with Gasteiger partial charge in [-0.2, -0.15) is 5.26 Å². The highest BCUT2D eigenvalue weighted by Gasteiger charge is 2.24. The first-order chi connectivity index (χ1) is 10.5. The highest BCUT2D eigenvalue weighted by atomic mass is 16.5. The molecule has 2 N–H and O–H groups in total. The molecule has 2 heterocycles. The number of hydrogen-bond acceptors (Lipinski definition) is 6. The van der Waals surface area contributed by atoms with Crippen LogP contribution in [0.3, 0.4) is 0 Å². The first-order valence-electron chi connectivity index (χ1n) is 7.20. The Bertz CT molecular complexity index is 584. The van der Waals surface area contributed by atoms with Gasteiger partial charge in [-0.15, -0.1) is 0 Å². The van der Waals surface area contributed by atoms with Gasteiger partial charge in [0.15, 0.2) is 0 Å². The van der Waals surface area contributed by atoms with Crippen molar-refractivity contribution in [1.29, 1.82) is 5.26 Å². The lowest BCUT2D eigenvalue weighted by atomic mass is 10.2. The highest BCUT2D eigenvalue weighted by molar-refractivity contribution is 5.75. The maximum absolute atomic E-state index is 10.9. The summed E-state index contributed by atoms with van der Waals surface area (Å²) in [6.45, 7) is 4.60. The van der Waals surface area contributed by atoms with Gasteiger partial charge in [-0.25, -0.2) is 4.98 Å². The summed E-state index contributed by atoms with van der Waals surface area (Å²) < 4.78 is 5.74. The van der Waals surface area contributed by atoms with E-state index in [0.29, 0.717) is 37.6 Å². The van der Waals surface area contributed by atoms with E-state index in [1.54, 1.807) is 6.07 Å². The van der Waals surface area contributed by atoms with E-state index in [4.69, 9.17) is 10.5 Å². The van der Waals surface area contributed by atoms with Crippen LogP contribution in [-0.4, -0.2) is 61.7 Å². The number of rotatable bonds is 5. The van der Waals surface area contributed by atoms with E-state index in [1.165, 1.54) is 0 Å². The Hall–Kier alpha value is -2.17. The molecule has 1 atom stereocenters. The molecule has 1 fully saturated rings. The summed E-state index contributed by atoms with van der Waals surface area (Å²) in [5.74, 6) is 0.343. The predicted molar refractivity (Wildman–Crippen MR) is 82.3 cm³/mol. The zero-order chi connectivity index (χ0) is 16.1. The maximum atomic E-state index is 10.9. The van der Waals surface area contributed by atoms with Crippen molar-refractivity contribution in [3.8, 4) is 6.07 Å². The van der Waals surface area contributed by atoms with Crippen LogP contribution in [-0.2, 0) is 9.53 Å². The van der Waals surface area contributed by atoms with Gasteiger partial charge in [-0.3, -0.25) is 9.69 Å². The second kappa shape index (κ2) is 7.20. The second-order valence-corrected chi connectivity index (χ2v) is 5.54. The lowest BCUT2D eigenvalue weighted by Gasteiger charge is -2.35. The fourth-order valence-corrected chi connectivity index (χ4v) is 2.57. The average Bonchev–Trinajstić information content (AvgIpc) is 2.46. The van der Waals surface area contributed by atoms with Crippen molar-refractivity contribution in [3.05, 3.63) is 23.4 Å². The molecule has 1 aromatic rings. The first kappa shape index (κ1) is 16.2. The van der Waals surface area contributed by atoms with Gasteiger partial charge in [0.05, 0.1) is 24.8 Å². The first-order valence-corrected chi connectivity index (χ1v) is 7.20. The van der Waals surface area contributed by atoms with E-state index in [2.05, 4.69) is 16.0 Å². The van der Waals surface area contributed by atoms with Crippen LogP contribution >= 0.6 is 0 Å². The SMILES string of the molecule is Cc1ccc(C#N)c(N2CCO[C@H](CN(C)CC(N)=O)C2)n1. The van der Waals surface area contributed by atoms with Crippen molar-refractivity contribution in [2.24, 2.45) is 5.73 Å². The van der Waals surface area contributed by atoms with Crippen LogP contribution in [0.2, 0.25) is 0 Å². The molecule has 1 aliphatic heterocycles. The summed E-state index contributed by atoms with van der Waals surface area (Å²) in [6, 6.07) is 5.81. The summed E-state index contributed by atoms with van der Waals surface area (Å²) in [7, 11) is 1.83. The summed E-state index contributed by atoms with van der Waals surface area (Å²) >= 11 is 0. The zero-order valence-corrected chi connectivity index (χ0v) is 13.0. The van der Waals surface area contributed by atoms with Gasteiger partial charge in [0.2, 0.25) is 5.91 Å². The van der Waals surface area contributed by atoms with Crippen LogP contribution in [0, 0.1) is 18.3 Å². The molecule has 0 spiro atoms. The summed E-state index contributed by atoms with van der Waals surface area (Å²) in [5, 5.41) is 9.24. The van der Waals surface area contributed by atoms with Crippen molar-refractivity contribution in [2.75, 3.05) is 44.7 Å². The molecule has 1 aromatic heterocycles. The van der Waals surface area contributed by atoms with Gasteiger partial charge >= 0.3 is 0 Å². The van der Waals surface area contributed by atoms with Crippen LogP contribution in [0.1, 0.15) is 11.3 Å². The van der Waals surface area contributed by atoms with Crippen molar-refractivity contribution >= 4 is 11.7 Å². The number of amides is 1. The Morgan fingerprint density at radius 3 is 3.09 bits per heavy atom. The Morgan fingerprint density at radius 1 is 1.64 bits per heavy atom. The molecule has 7 heteroatoms. The number of ether oxygens (including phenoxy) is 1. The van der Waals surface area contributed by atoms with E-state index in [0.717, 1.165) is 5.69 Å². The number of nitriles is 1. The molecule has 1 aliphatic rings. The van der Waals surface area contributed by atoms with E-state index in [1.807, 2.05) is 24.9 Å². The Balaban J connectivity index is 2.06. The van der Waals surface area contributed by atoms with Gasteiger partial charge in [0.1, 0.15) is 11.9 Å². The Morgan fingerprint density at radius 2 is 2.41 bits per heavy atom. The molecule has 0 saturated carbocycles. The topological polar surface area (TPSA) is 95.5 Å². The van der Waals surface area contributed by atoms with Gasteiger partial charge in [0.25, 0.3) is 0 Å². The third-order valence-electron chi connectivity index (χ3n) is 3.51. The van der Waals surface area contributed by atoms with Crippen LogP contribution < -0.4 is 10.6 Å². The van der Waals surface area contributed by atoms with Crippen molar-refractivity contribution in [3.63, 3.8) is 0 Å². The third-order valence-corrected chi connectivity index (χ3v) is 3.51. The molecule has 118 valence electrons. The van der Waals surface area contributed by atoms with E-state index < -0.39 is 0 Å². The number of morpholine rings is 1. The molecule has 1 saturated heterocycles. The molecule has 0 bridgehead atoms. The zero-order valence-electron chi connectivity index (χ0n) is 13.0. The quantitative estimate of drug-likeness (QED) is 0.815. The normalized spacial score (nSPS) is 18.3. The fourth-order valence-electron chi connectivity index (χ4n) is 2.57. The minimum Gasteiger partial charge on any atom is -0.373 e. The number of aromatic nitrogens is 1. The number of carbonyl (C=O) groups is 1. The molecule has 0 aromatic carbocycles. The molecule has 0 aliphatic carbocycles. The largest absolute Gasteiger partial charge is 0.373 e. The van der Waals surface area contributed by atoms with Gasteiger partial charge in [-0.1, -0.05) is 0 Å². The monoisotopic (exact) mass is 303 g/mol. The molecule has 7 nitrogen and oxygen atoms in total. The van der Waals surface area contributed by atoms with Crippen LogP contribution in [0.5, 0.6) is 0 Å². The van der Waals surface area contributed by atoms with Crippen LogP contribution in [0.25, 0.3) is 0 Å². The highest BCUT2D eigenvalue weighted by Crippen LogP contribution is 2.20. The number of likely N-dealkylation sites (N-methyl/N-ethyl adjacent to an activating group) is 1. The molecule has 0 unspecified atom stereocenters. The summed E-state index contributed by atoms with van der Waals surface area (Å²) in [6.07, 6.45) is -0.0491. The average molecular weight is 303 g/mol. The van der Waals surface area contributed by atoms with Gasteiger partial charge in [-0.05, 0) is 26.1 Å². The standard InChI is InChI=1S/C15H21N5O2/c1-11-3-4-12(7-16)15(18-11)20-5-6-22-13(9-20)8-19(2)10-14(17)21/h3-4,13H,5-6,8-10H2,1-2H3,(H2,17,21)/t13-/m1/s1. The van der Waals surface area contributed by atoms with Crippen LogP contribution in [0.4, 0.5) is 5.82 Å². The lowest BCUT2D eigenvalue weighted by molar-refractivity contribution is -0.119. The number of aryl methyl sites for hydroxylation is 1. The molecular formula is C15H21N5O2. The minimum absolute atomic E-state index is 0.0491. The number of hydrogen-bond donors (Lipinski definition) is 1. The third kappa shape index (κ3) is 4.16. The molecule has 2 rings (SSSR count). The van der Waals surface area contributed by atoms with E-state index >= 15 is 0 Å². The maximum Gasteiger partial charge on any atom is 0.231 e. The lowest BCUT2D eigenvalue weighted by Crippen LogP contribution is -2.48. The number of primary amides is 1. The van der Waals surface area contributed by atoms with Crippen molar-refractivity contribution < 1.29 is 9.53 Å². The van der Waals surface area contributed by atoms with Gasteiger partial charge < -0.3 is 15.4 Å². The predicted octanol–water partition coefficient (Wildman–Crippen LogP) is -0.116. The van der Waals surface area contributed by atoms with E-state index in [-0.39, 0.29) is 18.6 Å². The Labute approximate surface area is 130 Å². The molecule has 0 radical (unpaired) electrons. The summed E-state index contributed by atoms with van der Waals surface area (Å²) in [4.78, 5) is 19.3. The fraction of sp³-hybridized carbons (Fsp3) is 0.533. The summed E-state index contributed by atoms with van der Waals surface area (Å²) in [5.41, 5.74) is 6.64. The Kier molecular flexibility index (Phi) is 5.31. The van der Waals surface area contributed by atoms with Crippen molar-refractivity contribution in [2.45, 2.75) is 13.0 Å². The number of anilines is 1. The number of nitrogens with two attached hydrogens (primary N) is 1. The second-order valence-electron chi connectivity index (χ2n) is 5.54. The van der Waals surface area contributed by atoms with Gasteiger partial charge in [0, 0.05) is 25.3 Å².